The molecule has 0 radical (unpaired) electrons. The fourth-order valence-corrected chi connectivity index (χ4v) is 6.84. The van der Waals surface area contributed by atoms with Crippen molar-refractivity contribution in [2.24, 2.45) is 0 Å². The topological polar surface area (TPSA) is 86.8 Å². The first kappa shape index (κ1) is 32.3. The fourth-order valence-electron chi connectivity index (χ4n) is 4.65. The molecule has 224 valence electrons. The maximum atomic E-state index is 14.4. The second-order valence-corrected chi connectivity index (χ2v) is 13.5. The van der Waals surface area contributed by atoms with Crippen LogP contribution in [0.25, 0.3) is 0 Å². The predicted octanol–water partition coefficient (Wildman–Crippen LogP) is 6.46. The Morgan fingerprint density at radius 1 is 0.837 bits per heavy atom. The van der Waals surface area contributed by atoms with Gasteiger partial charge in [-0.05, 0) is 61.4 Å². The number of benzene rings is 4. The molecule has 1 atom stereocenters. The molecule has 0 aliphatic carbocycles. The lowest BCUT2D eigenvalue weighted by molar-refractivity contribution is -0.140. The largest absolute Gasteiger partial charge is 0.352 e. The predicted molar refractivity (Wildman–Crippen MR) is 174 cm³/mol. The van der Waals surface area contributed by atoms with Crippen LogP contribution in [0.4, 0.5) is 5.69 Å². The van der Waals surface area contributed by atoms with Crippen molar-refractivity contribution in [3.8, 4) is 0 Å². The zero-order valence-corrected chi connectivity index (χ0v) is 27.0. The molecule has 4 aromatic carbocycles. The van der Waals surface area contributed by atoms with Crippen LogP contribution in [0.1, 0.15) is 25.0 Å². The minimum atomic E-state index is -4.22. The number of para-hydroxylation sites is 1. The Hall–Kier alpha value is -3.66. The summed E-state index contributed by atoms with van der Waals surface area (Å²) in [5.74, 6) is -0.892. The van der Waals surface area contributed by atoms with Gasteiger partial charge in [0.25, 0.3) is 10.0 Å². The summed E-state index contributed by atoms with van der Waals surface area (Å²) in [5.41, 5.74) is 1.79. The number of carbonyl (C=O) groups is 2. The van der Waals surface area contributed by atoms with Crippen molar-refractivity contribution in [2.75, 3.05) is 10.8 Å². The Morgan fingerprint density at radius 3 is 2.07 bits per heavy atom. The minimum absolute atomic E-state index is 0.0136. The molecule has 0 fully saturated rings. The lowest BCUT2D eigenvalue weighted by Crippen LogP contribution is -2.54. The molecule has 0 saturated carbocycles. The summed E-state index contributed by atoms with van der Waals surface area (Å²) in [6.07, 6.45) is 0.233. The summed E-state index contributed by atoms with van der Waals surface area (Å²) < 4.78 is 29.8. The highest BCUT2D eigenvalue weighted by molar-refractivity contribution is 9.10. The highest BCUT2D eigenvalue weighted by atomic mass is 79.9. The second kappa shape index (κ2) is 14.7. The number of nitrogens with zero attached hydrogens (tertiary/aromatic N) is 2. The summed E-state index contributed by atoms with van der Waals surface area (Å²) in [7, 11) is -4.22. The van der Waals surface area contributed by atoms with Crippen LogP contribution in [-0.4, -0.2) is 43.8 Å². The SMILES string of the molecule is CC(C)NC(=O)C(Cc1ccccc1)N(Cc1cccc(Br)c1)C(=O)CN(c1ccccc1Cl)S(=O)(=O)c1ccccc1. The first-order valence-electron chi connectivity index (χ1n) is 13.8. The van der Waals surface area contributed by atoms with Gasteiger partial charge in [-0.25, -0.2) is 8.42 Å². The Labute approximate surface area is 266 Å². The maximum absolute atomic E-state index is 14.4. The van der Waals surface area contributed by atoms with E-state index in [-0.39, 0.29) is 40.5 Å². The molecule has 0 saturated heterocycles. The van der Waals surface area contributed by atoms with Gasteiger partial charge in [0, 0.05) is 23.5 Å². The van der Waals surface area contributed by atoms with Gasteiger partial charge in [-0.2, -0.15) is 0 Å². The Balaban J connectivity index is 1.81. The monoisotopic (exact) mass is 681 g/mol. The molecular weight excluding hydrogens is 650 g/mol. The van der Waals surface area contributed by atoms with Crippen LogP contribution < -0.4 is 9.62 Å². The van der Waals surface area contributed by atoms with E-state index < -0.39 is 28.5 Å². The van der Waals surface area contributed by atoms with Crippen molar-refractivity contribution in [3.05, 3.63) is 130 Å². The molecule has 1 N–H and O–H groups in total. The van der Waals surface area contributed by atoms with E-state index in [0.29, 0.717) is 0 Å². The molecule has 4 aromatic rings. The molecule has 43 heavy (non-hydrogen) atoms. The average molecular weight is 683 g/mol. The number of hydrogen-bond donors (Lipinski definition) is 1. The van der Waals surface area contributed by atoms with E-state index in [1.807, 2.05) is 68.4 Å². The Kier molecular flexibility index (Phi) is 11.0. The van der Waals surface area contributed by atoms with Crippen LogP contribution in [0.5, 0.6) is 0 Å². The van der Waals surface area contributed by atoms with Crippen LogP contribution in [-0.2, 0) is 32.6 Å². The number of sulfonamides is 1. The van der Waals surface area contributed by atoms with E-state index in [1.165, 1.54) is 17.0 Å². The van der Waals surface area contributed by atoms with E-state index in [0.717, 1.165) is 19.9 Å². The highest BCUT2D eigenvalue weighted by Gasteiger charge is 2.35. The van der Waals surface area contributed by atoms with Gasteiger partial charge in [-0.3, -0.25) is 13.9 Å². The molecule has 7 nitrogen and oxygen atoms in total. The number of anilines is 1. The van der Waals surface area contributed by atoms with Crippen molar-refractivity contribution < 1.29 is 18.0 Å². The van der Waals surface area contributed by atoms with Gasteiger partial charge in [0.2, 0.25) is 11.8 Å². The first-order chi connectivity index (χ1) is 20.6. The third kappa shape index (κ3) is 8.46. The molecule has 10 heteroatoms. The van der Waals surface area contributed by atoms with Gasteiger partial charge < -0.3 is 10.2 Å². The van der Waals surface area contributed by atoms with E-state index >= 15 is 0 Å². The van der Waals surface area contributed by atoms with Gasteiger partial charge in [0.05, 0.1) is 15.6 Å². The smallest absolute Gasteiger partial charge is 0.264 e. The van der Waals surface area contributed by atoms with Crippen molar-refractivity contribution in [2.45, 2.75) is 43.8 Å². The number of rotatable bonds is 12. The number of nitrogens with one attached hydrogen (secondary N) is 1. The first-order valence-corrected chi connectivity index (χ1v) is 16.4. The van der Waals surface area contributed by atoms with Crippen molar-refractivity contribution in [1.82, 2.24) is 10.2 Å². The van der Waals surface area contributed by atoms with E-state index in [4.69, 9.17) is 11.6 Å². The molecule has 0 bridgehead atoms. The molecule has 0 spiro atoms. The van der Waals surface area contributed by atoms with Gasteiger partial charge in [0.15, 0.2) is 0 Å². The molecule has 0 aliphatic heterocycles. The van der Waals surface area contributed by atoms with Crippen molar-refractivity contribution in [1.29, 1.82) is 0 Å². The summed E-state index contributed by atoms with van der Waals surface area (Å²) >= 11 is 9.99. The molecule has 0 aromatic heterocycles. The third-order valence-electron chi connectivity index (χ3n) is 6.68. The molecule has 2 amide bonds. The summed E-state index contributed by atoms with van der Waals surface area (Å²) in [6.45, 7) is 3.20. The summed E-state index contributed by atoms with van der Waals surface area (Å²) in [4.78, 5) is 29.6. The number of halogens is 2. The molecule has 0 heterocycles. The standard InChI is InChI=1S/C33H33BrClN3O4S/c1-24(2)36-33(40)31(21-25-12-5-3-6-13-25)37(22-26-14-11-15-27(34)20-26)32(39)23-38(30-19-10-9-18-29(30)35)43(41,42)28-16-7-4-8-17-28/h3-20,24,31H,21-23H2,1-2H3,(H,36,40). The Morgan fingerprint density at radius 2 is 1.44 bits per heavy atom. The van der Waals surface area contributed by atoms with Crippen LogP contribution >= 0.6 is 27.5 Å². The zero-order valence-electron chi connectivity index (χ0n) is 23.9. The maximum Gasteiger partial charge on any atom is 0.264 e. The normalized spacial score (nSPS) is 12.0. The highest BCUT2D eigenvalue weighted by Crippen LogP contribution is 2.31. The van der Waals surface area contributed by atoms with Crippen LogP contribution in [0.3, 0.4) is 0 Å². The van der Waals surface area contributed by atoms with Crippen molar-refractivity contribution in [3.63, 3.8) is 0 Å². The molecule has 4 rings (SSSR count). The van der Waals surface area contributed by atoms with Crippen LogP contribution in [0.2, 0.25) is 5.02 Å². The van der Waals surface area contributed by atoms with Crippen LogP contribution in [0, 0.1) is 0 Å². The zero-order chi connectivity index (χ0) is 31.0. The number of carbonyl (C=O) groups excluding carboxylic acids is 2. The molecule has 0 aliphatic rings. The number of hydrogen-bond acceptors (Lipinski definition) is 4. The van der Waals surface area contributed by atoms with Gasteiger partial charge in [-0.15, -0.1) is 0 Å². The van der Waals surface area contributed by atoms with Gasteiger partial charge in [-0.1, -0.05) is 100 Å². The van der Waals surface area contributed by atoms with Crippen molar-refractivity contribution >= 4 is 55.1 Å². The van der Waals surface area contributed by atoms with Gasteiger partial charge in [0.1, 0.15) is 12.6 Å². The average Bonchev–Trinajstić information content (AvgIpc) is 2.98. The van der Waals surface area contributed by atoms with Crippen LogP contribution in [0.15, 0.2) is 119 Å². The molecular formula is C33H33BrClN3O4S. The van der Waals surface area contributed by atoms with E-state index in [9.17, 15) is 18.0 Å². The summed E-state index contributed by atoms with van der Waals surface area (Å²) in [6, 6.07) is 30.1. The van der Waals surface area contributed by atoms with E-state index in [2.05, 4.69) is 21.2 Å². The third-order valence-corrected chi connectivity index (χ3v) is 9.26. The lowest BCUT2D eigenvalue weighted by atomic mass is 10.0. The summed E-state index contributed by atoms with van der Waals surface area (Å²) in [5, 5.41) is 3.12. The molecule has 1 unspecified atom stereocenters. The Bertz CT molecular complexity index is 1650. The van der Waals surface area contributed by atoms with E-state index in [1.54, 1.807) is 42.5 Å². The quantitative estimate of drug-likeness (QED) is 0.186. The van der Waals surface area contributed by atoms with Gasteiger partial charge >= 0.3 is 0 Å². The lowest BCUT2D eigenvalue weighted by Gasteiger charge is -2.34. The number of amides is 2. The fraction of sp³-hybridized carbons (Fsp3) is 0.212. The second-order valence-electron chi connectivity index (χ2n) is 10.3. The minimum Gasteiger partial charge on any atom is -0.352 e.